The molecule has 0 aliphatic heterocycles. The molecular formula is C31H48O6. The third-order valence-electron chi connectivity index (χ3n) is 10.5. The number of ether oxygens (including phenoxy) is 1. The van der Waals surface area contributed by atoms with Crippen molar-refractivity contribution in [2.75, 3.05) is 0 Å². The molecule has 4 rings (SSSR count). The number of carbonyl (C=O) groups excluding carboxylic acids is 2. The zero-order valence-electron chi connectivity index (χ0n) is 23.6. The zero-order chi connectivity index (χ0) is 27.3. The number of hydrogen-bond acceptors (Lipinski definition) is 6. The minimum Gasteiger partial charge on any atom is -0.460 e. The lowest BCUT2D eigenvalue weighted by Gasteiger charge is -2.55. The summed E-state index contributed by atoms with van der Waals surface area (Å²) < 4.78 is 5.62. The lowest BCUT2D eigenvalue weighted by molar-refractivity contribution is -0.159. The van der Waals surface area contributed by atoms with E-state index in [1.165, 1.54) is 5.57 Å². The van der Waals surface area contributed by atoms with Gasteiger partial charge in [-0.05, 0) is 107 Å². The molecule has 9 atom stereocenters. The second kappa shape index (κ2) is 10.2. The minimum atomic E-state index is -0.959. The predicted molar refractivity (Wildman–Crippen MR) is 142 cm³/mol. The van der Waals surface area contributed by atoms with Crippen molar-refractivity contribution in [3.63, 3.8) is 0 Å². The lowest BCUT2D eigenvalue weighted by atomic mass is 9.49. The molecule has 4 aliphatic carbocycles. The molecule has 0 bridgehead atoms. The van der Waals surface area contributed by atoms with Crippen LogP contribution < -0.4 is 0 Å². The van der Waals surface area contributed by atoms with Gasteiger partial charge >= 0.3 is 5.97 Å². The Hall–Kier alpha value is -1.50. The van der Waals surface area contributed by atoms with Gasteiger partial charge in [0.2, 0.25) is 0 Å². The van der Waals surface area contributed by atoms with E-state index >= 15 is 0 Å². The zero-order valence-corrected chi connectivity index (χ0v) is 23.6. The van der Waals surface area contributed by atoms with Crippen LogP contribution >= 0.6 is 0 Å². The summed E-state index contributed by atoms with van der Waals surface area (Å²) in [5.74, 6) is 1.43. The summed E-state index contributed by atoms with van der Waals surface area (Å²) >= 11 is 0. The Labute approximate surface area is 222 Å². The SMILES string of the molecule is CC(O)CC(=O)OC(C)(C)CCCC(C)C1CCC2C3=CC(=O)C4=CC(O)C(O)CC4(C)C3CCC21C. The van der Waals surface area contributed by atoms with E-state index in [0.717, 1.165) is 44.9 Å². The highest BCUT2D eigenvalue weighted by atomic mass is 16.6. The fraction of sp³-hybridized carbons (Fsp3) is 0.806. The van der Waals surface area contributed by atoms with Crippen molar-refractivity contribution in [1.82, 2.24) is 0 Å². The van der Waals surface area contributed by atoms with Gasteiger partial charge in [0.15, 0.2) is 5.78 Å². The molecule has 0 amide bonds. The van der Waals surface area contributed by atoms with Crippen LogP contribution in [0.4, 0.5) is 0 Å². The van der Waals surface area contributed by atoms with E-state index in [1.54, 1.807) is 13.0 Å². The molecule has 3 N–H and O–H groups in total. The van der Waals surface area contributed by atoms with Crippen LogP contribution in [0.1, 0.15) is 99.3 Å². The standard InChI is InChI=1S/C31H48O6/c1-18(8-7-12-29(3,4)37-28(36)14-19(2)32)21-9-10-22-20-15-25(33)24-16-26(34)27(35)17-31(24,6)23(20)11-13-30(21,22)5/h15-16,18-19,21-23,26-27,32,34-35H,7-14,17H2,1-6H3. The molecule has 2 fully saturated rings. The fourth-order valence-corrected chi connectivity index (χ4v) is 8.61. The van der Waals surface area contributed by atoms with Gasteiger partial charge in [-0.3, -0.25) is 9.59 Å². The smallest absolute Gasteiger partial charge is 0.308 e. The van der Waals surface area contributed by atoms with Crippen LogP contribution in [0, 0.1) is 34.5 Å². The van der Waals surface area contributed by atoms with E-state index in [-0.39, 0.29) is 29.5 Å². The average Bonchev–Trinajstić information content (AvgIpc) is 3.12. The molecule has 9 unspecified atom stereocenters. The van der Waals surface area contributed by atoms with Crippen molar-refractivity contribution >= 4 is 11.8 Å². The summed E-state index contributed by atoms with van der Waals surface area (Å²) in [7, 11) is 0. The molecule has 0 aromatic rings. The number of rotatable bonds is 8. The quantitative estimate of drug-likeness (QED) is 0.397. The summed E-state index contributed by atoms with van der Waals surface area (Å²) in [6.07, 6.45) is 8.73. The van der Waals surface area contributed by atoms with E-state index in [0.29, 0.717) is 29.7 Å². The number of aliphatic hydroxyl groups is 3. The first-order valence-electron chi connectivity index (χ1n) is 14.4. The van der Waals surface area contributed by atoms with Gasteiger partial charge in [0.25, 0.3) is 0 Å². The summed E-state index contributed by atoms with van der Waals surface area (Å²) in [4.78, 5) is 25.2. The Morgan fingerprint density at radius 1 is 1.16 bits per heavy atom. The first kappa shape index (κ1) is 28.5. The van der Waals surface area contributed by atoms with E-state index < -0.39 is 29.3 Å². The minimum absolute atomic E-state index is 0.0211. The molecule has 0 saturated heterocycles. The molecule has 6 nitrogen and oxygen atoms in total. The van der Waals surface area contributed by atoms with Gasteiger partial charge in [0.05, 0.1) is 24.7 Å². The Kier molecular flexibility index (Phi) is 7.89. The highest BCUT2D eigenvalue weighted by Crippen LogP contribution is 2.66. The van der Waals surface area contributed by atoms with Crippen LogP contribution in [0.3, 0.4) is 0 Å². The van der Waals surface area contributed by atoms with Gasteiger partial charge in [-0.2, -0.15) is 0 Å². The highest BCUT2D eigenvalue weighted by molar-refractivity contribution is 6.07. The highest BCUT2D eigenvalue weighted by Gasteiger charge is 2.59. The van der Waals surface area contributed by atoms with Crippen LogP contribution in [0.2, 0.25) is 0 Å². The maximum atomic E-state index is 13.2. The van der Waals surface area contributed by atoms with Crippen molar-refractivity contribution in [2.24, 2.45) is 34.5 Å². The molecule has 0 aromatic heterocycles. The maximum Gasteiger partial charge on any atom is 0.308 e. The first-order valence-corrected chi connectivity index (χ1v) is 14.4. The molecular weight excluding hydrogens is 468 g/mol. The van der Waals surface area contributed by atoms with Crippen molar-refractivity contribution in [2.45, 2.75) is 123 Å². The van der Waals surface area contributed by atoms with E-state index in [9.17, 15) is 24.9 Å². The Balaban J connectivity index is 1.42. The normalized spacial score (nSPS) is 39.1. The summed E-state index contributed by atoms with van der Waals surface area (Å²) in [6.45, 7) is 12.4. The number of esters is 1. The number of carbonyl (C=O) groups is 2. The van der Waals surface area contributed by atoms with Gasteiger partial charge in [0.1, 0.15) is 5.60 Å². The summed E-state index contributed by atoms with van der Waals surface area (Å²) in [6, 6.07) is 0. The maximum absolute atomic E-state index is 13.2. The largest absolute Gasteiger partial charge is 0.460 e. The number of fused-ring (bicyclic) bond motifs is 5. The Morgan fingerprint density at radius 3 is 2.54 bits per heavy atom. The molecule has 208 valence electrons. The number of ketones is 1. The first-order chi connectivity index (χ1) is 17.2. The van der Waals surface area contributed by atoms with Gasteiger partial charge in [-0.1, -0.05) is 32.8 Å². The van der Waals surface area contributed by atoms with Gasteiger partial charge in [-0.15, -0.1) is 0 Å². The Morgan fingerprint density at radius 2 is 1.86 bits per heavy atom. The lowest BCUT2D eigenvalue weighted by Crippen LogP contribution is -2.51. The topological polar surface area (TPSA) is 104 Å². The van der Waals surface area contributed by atoms with Gasteiger partial charge in [-0.25, -0.2) is 0 Å². The average molecular weight is 517 g/mol. The van der Waals surface area contributed by atoms with Gasteiger partial charge in [0, 0.05) is 11.0 Å². The summed E-state index contributed by atoms with van der Waals surface area (Å²) in [5.41, 5.74) is 1.20. The molecule has 2 saturated carbocycles. The monoisotopic (exact) mass is 516 g/mol. The van der Waals surface area contributed by atoms with E-state index in [1.807, 2.05) is 19.9 Å². The van der Waals surface area contributed by atoms with Crippen LogP contribution in [0.5, 0.6) is 0 Å². The molecule has 0 aromatic carbocycles. The summed E-state index contributed by atoms with van der Waals surface area (Å²) in [5, 5.41) is 30.1. The van der Waals surface area contributed by atoms with Crippen LogP contribution in [-0.2, 0) is 14.3 Å². The molecule has 4 aliphatic rings. The second-order valence-corrected chi connectivity index (χ2v) is 13.8. The molecule has 0 spiro atoms. The number of hydrogen-bond donors (Lipinski definition) is 3. The fourth-order valence-electron chi connectivity index (χ4n) is 8.61. The number of aliphatic hydroxyl groups excluding tert-OH is 3. The van der Waals surface area contributed by atoms with Crippen molar-refractivity contribution in [3.8, 4) is 0 Å². The van der Waals surface area contributed by atoms with Gasteiger partial charge < -0.3 is 20.1 Å². The second-order valence-electron chi connectivity index (χ2n) is 13.8. The molecule has 0 heterocycles. The van der Waals surface area contributed by atoms with Crippen LogP contribution in [-0.4, -0.2) is 51.0 Å². The van der Waals surface area contributed by atoms with Crippen molar-refractivity contribution in [3.05, 3.63) is 23.3 Å². The van der Waals surface area contributed by atoms with Crippen LogP contribution in [0.25, 0.3) is 0 Å². The molecule has 6 heteroatoms. The van der Waals surface area contributed by atoms with Crippen molar-refractivity contribution in [1.29, 1.82) is 0 Å². The third kappa shape index (κ3) is 5.35. The van der Waals surface area contributed by atoms with E-state index in [2.05, 4.69) is 20.8 Å². The third-order valence-corrected chi connectivity index (χ3v) is 10.5. The Bertz CT molecular complexity index is 963. The van der Waals surface area contributed by atoms with E-state index in [4.69, 9.17) is 4.74 Å². The van der Waals surface area contributed by atoms with Crippen molar-refractivity contribution < 1.29 is 29.6 Å². The molecule has 0 radical (unpaired) electrons. The molecule has 37 heavy (non-hydrogen) atoms. The predicted octanol–water partition coefficient (Wildman–Crippen LogP) is 4.90. The number of allylic oxidation sites excluding steroid dienone is 3. The van der Waals surface area contributed by atoms with Crippen LogP contribution in [0.15, 0.2) is 23.3 Å².